The van der Waals surface area contributed by atoms with Gasteiger partial charge in [-0.1, -0.05) is 12.8 Å². The smallest absolute Gasteiger partial charge is 0.258 e. The molecule has 2 rings (SSSR count). The van der Waals surface area contributed by atoms with Crippen LogP contribution in [-0.2, 0) is 0 Å². The standard InChI is InChI=1S/C14H15FN2O2/c15-10-5-6-12(13(18)9-10)14(19)17(8-7-16)11-3-1-2-4-11/h5-6,9,11,18H,1-4,8H2. The highest BCUT2D eigenvalue weighted by atomic mass is 19.1. The summed E-state index contributed by atoms with van der Waals surface area (Å²) >= 11 is 0. The van der Waals surface area contributed by atoms with Crippen LogP contribution >= 0.6 is 0 Å². The van der Waals surface area contributed by atoms with Crippen molar-refractivity contribution in [2.45, 2.75) is 31.7 Å². The van der Waals surface area contributed by atoms with Crippen LogP contribution in [0.15, 0.2) is 18.2 Å². The van der Waals surface area contributed by atoms with Crippen LogP contribution in [0, 0.1) is 17.1 Å². The zero-order valence-electron chi connectivity index (χ0n) is 10.5. The van der Waals surface area contributed by atoms with E-state index < -0.39 is 11.7 Å². The second-order valence-corrected chi connectivity index (χ2v) is 4.69. The summed E-state index contributed by atoms with van der Waals surface area (Å²) < 4.78 is 12.9. The van der Waals surface area contributed by atoms with E-state index in [2.05, 4.69) is 0 Å². The topological polar surface area (TPSA) is 64.3 Å². The van der Waals surface area contributed by atoms with E-state index in [4.69, 9.17) is 5.26 Å². The van der Waals surface area contributed by atoms with Gasteiger partial charge in [-0.15, -0.1) is 0 Å². The molecular weight excluding hydrogens is 247 g/mol. The molecule has 1 aromatic carbocycles. The van der Waals surface area contributed by atoms with Gasteiger partial charge >= 0.3 is 0 Å². The van der Waals surface area contributed by atoms with Crippen LogP contribution in [-0.4, -0.2) is 28.5 Å². The highest BCUT2D eigenvalue weighted by Gasteiger charge is 2.28. The minimum atomic E-state index is -0.596. The first-order valence-electron chi connectivity index (χ1n) is 6.30. The van der Waals surface area contributed by atoms with Gasteiger partial charge in [0.1, 0.15) is 18.1 Å². The molecule has 0 heterocycles. The summed E-state index contributed by atoms with van der Waals surface area (Å²) in [6.45, 7) is -0.0136. The van der Waals surface area contributed by atoms with Gasteiger partial charge in [0.25, 0.3) is 5.91 Å². The first-order chi connectivity index (χ1) is 9.13. The Morgan fingerprint density at radius 3 is 2.74 bits per heavy atom. The fourth-order valence-corrected chi connectivity index (χ4v) is 2.50. The number of nitrogens with zero attached hydrogens (tertiary/aromatic N) is 2. The molecule has 1 aliphatic rings. The SMILES string of the molecule is N#CCN(C(=O)c1ccc(F)cc1O)C1CCCC1. The number of rotatable bonds is 3. The van der Waals surface area contributed by atoms with E-state index in [1.165, 1.54) is 11.0 Å². The van der Waals surface area contributed by atoms with Crippen LogP contribution in [0.25, 0.3) is 0 Å². The highest BCUT2D eigenvalue weighted by Crippen LogP contribution is 2.27. The lowest BCUT2D eigenvalue weighted by atomic mass is 10.1. The monoisotopic (exact) mass is 262 g/mol. The molecule has 1 amide bonds. The van der Waals surface area contributed by atoms with Gasteiger partial charge in [-0.3, -0.25) is 4.79 Å². The average molecular weight is 262 g/mol. The number of halogens is 1. The molecule has 0 bridgehead atoms. The predicted molar refractivity (Wildman–Crippen MR) is 67.0 cm³/mol. The number of aromatic hydroxyl groups is 1. The molecule has 1 aliphatic carbocycles. The number of carbonyl (C=O) groups is 1. The van der Waals surface area contributed by atoms with E-state index in [1.54, 1.807) is 0 Å². The number of hydrogen-bond donors (Lipinski definition) is 1. The van der Waals surface area contributed by atoms with Crippen molar-refractivity contribution in [2.24, 2.45) is 0 Å². The third-order valence-corrected chi connectivity index (χ3v) is 3.46. The number of nitriles is 1. The van der Waals surface area contributed by atoms with Gasteiger partial charge in [-0.25, -0.2) is 4.39 Å². The lowest BCUT2D eigenvalue weighted by molar-refractivity contribution is 0.0706. The van der Waals surface area contributed by atoms with Crippen LogP contribution in [0.3, 0.4) is 0 Å². The van der Waals surface area contributed by atoms with Gasteiger partial charge in [-0.05, 0) is 25.0 Å². The Morgan fingerprint density at radius 2 is 2.16 bits per heavy atom. The van der Waals surface area contributed by atoms with E-state index in [0.29, 0.717) is 0 Å². The predicted octanol–water partition coefficient (Wildman–Crippen LogP) is 2.44. The van der Waals surface area contributed by atoms with Crippen LogP contribution in [0.4, 0.5) is 4.39 Å². The van der Waals surface area contributed by atoms with Gasteiger partial charge in [0, 0.05) is 12.1 Å². The lowest BCUT2D eigenvalue weighted by Gasteiger charge is -2.26. The summed E-state index contributed by atoms with van der Waals surface area (Å²) in [7, 11) is 0. The molecule has 1 fully saturated rings. The summed E-state index contributed by atoms with van der Waals surface area (Å²) in [5, 5.41) is 18.5. The first-order valence-corrected chi connectivity index (χ1v) is 6.30. The quantitative estimate of drug-likeness (QED) is 0.851. The maximum absolute atomic E-state index is 12.9. The van der Waals surface area contributed by atoms with Gasteiger partial charge in [0.05, 0.1) is 11.6 Å². The van der Waals surface area contributed by atoms with Crippen molar-refractivity contribution in [1.29, 1.82) is 5.26 Å². The van der Waals surface area contributed by atoms with Crippen molar-refractivity contribution in [2.75, 3.05) is 6.54 Å². The minimum Gasteiger partial charge on any atom is -0.507 e. The van der Waals surface area contributed by atoms with Crippen molar-refractivity contribution >= 4 is 5.91 Å². The Labute approximate surface area is 111 Å². The molecule has 0 spiro atoms. The molecule has 100 valence electrons. The van der Waals surface area contributed by atoms with Gasteiger partial charge in [0.15, 0.2) is 0 Å². The maximum atomic E-state index is 12.9. The molecule has 0 aromatic heterocycles. The van der Waals surface area contributed by atoms with E-state index in [-0.39, 0.29) is 23.9 Å². The van der Waals surface area contributed by atoms with Gasteiger partial charge in [0.2, 0.25) is 0 Å². The van der Waals surface area contributed by atoms with E-state index in [0.717, 1.165) is 37.8 Å². The highest BCUT2D eigenvalue weighted by molar-refractivity contribution is 5.97. The van der Waals surface area contributed by atoms with Crippen molar-refractivity contribution in [3.8, 4) is 11.8 Å². The molecule has 1 N–H and O–H groups in total. The molecule has 1 saturated carbocycles. The second kappa shape index (κ2) is 5.70. The Hall–Kier alpha value is -2.09. The summed E-state index contributed by atoms with van der Waals surface area (Å²) in [5.74, 6) is -1.39. The number of amides is 1. The van der Waals surface area contributed by atoms with Crippen molar-refractivity contribution in [3.05, 3.63) is 29.6 Å². The van der Waals surface area contributed by atoms with E-state index in [1.807, 2.05) is 6.07 Å². The summed E-state index contributed by atoms with van der Waals surface area (Å²) in [4.78, 5) is 13.8. The second-order valence-electron chi connectivity index (χ2n) is 4.69. The number of hydrogen-bond acceptors (Lipinski definition) is 3. The molecule has 19 heavy (non-hydrogen) atoms. The van der Waals surface area contributed by atoms with Crippen LogP contribution in [0.5, 0.6) is 5.75 Å². The van der Waals surface area contributed by atoms with Crippen LogP contribution < -0.4 is 0 Å². The van der Waals surface area contributed by atoms with Gasteiger partial charge < -0.3 is 10.0 Å². The summed E-state index contributed by atoms with van der Waals surface area (Å²) in [6, 6.07) is 5.31. The number of phenolic OH excluding ortho intramolecular Hbond substituents is 1. The Kier molecular flexibility index (Phi) is 4.00. The number of phenols is 1. The molecule has 0 saturated heterocycles. The first kappa shape index (κ1) is 13.3. The van der Waals surface area contributed by atoms with Crippen LogP contribution in [0.1, 0.15) is 36.0 Å². The average Bonchev–Trinajstić information content (AvgIpc) is 2.89. The van der Waals surface area contributed by atoms with Crippen molar-refractivity contribution in [1.82, 2.24) is 4.90 Å². The zero-order chi connectivity index (χ0) is 13.8. The molecule has 1 aromatic rings. The molecule has 5 heteroatoms. The van der Waals surface area contributed by atoms with Crippen molar-refractivity contribution < 1.29 is 14.3 Å². The molecular formula is C14H15FN2O2. The fourth-order valence-electron chi connectivity index (χ4n) is 2.50. The largest absolute Gasteiger partial charge is 0.507 e. The minimum absolute atomic E-state index is 0.0136. The number of benzene rings is 1. The number of carbonyl (C=O) groups excluding carboxylic acids is 1. The van der Waals surface area contributed by atoms with Crippen molar-refractivity contribution in [3.63, 3.8) is 0 Å². The van der Waals surface area contributed by atoms with Gasteiger partial charge in [-0.2, -0.15) is 5.26 Å². The molecule has 0 radical (unpaired) electrons. The lowest BCUT2D eigenvalue weighted by Crippen LogP contribution is -2.39. The normalized spacial score (nSPS) is 15.2. The van der Waals surface area contributed by atoms with E-state index >= 15 is 0 Å². The van der Waals surface area contributed by atoms with Crippen LogP contribution in [0.2, 0.25) is 0 Å². The molecule has 0 unspecified atom stereocenters. The fraction of sp³-hybridized carbons (Fsp3) is 0.429. The Balaban J connectivity index is 2.25. The third kappa shape index (κ3) is 2.84. The molecule has 0 aliphatic heterocycles. The third-order valence-electron chi connectivity index (χ3n) is 3.46. The zero-order valence-corrected chi connectivity index (χ0v) is 10.5. The maximum Gasteiger partial charge on any atom is 0.258 e. The Morgan fingerprint density at radius 1 is 1.47 bits per heavy atom. The summed E-state index contributed by atoms with van der Waals surface area (Å²) in [5.41, 5.74) is 0.0450. The summed E-state index contributed by atoms with van der Waals surface area (Å²) in [6.07, 6.45) is 3.81. The molecule has 0 atom stereocenters. The van der Waals surface area contributed by atoms with E-state index in [9.17, 15) is 14.3 Å². The molecule has 4 nitrogen and oxygen atoms in total. The Bertz CT molecular complexity index is 519.